The number of nitrogens with zero attached hydrogens (tertiary/aromatic N) is 3. The molecule has 2 aromatic rings. The minimum absolute atomic E-state index is 0.000160. The Morgan fingerprint density at radius 2 is 1.68 bits per heavy atom. The third kappa shape index (κ3) is 12.6. The summed E-state index contributed by atoms with van der Waals surface area (Å²) in [6.45, 7) is -0.165. The SMILES string of the molecule is O=C(O)CCC(NC(=O)NC(CCCCNC(=O)Nc1cccc(OCc2cn(CCF)nn2)c1)C(=O)O)C(=O)O. The van der Waals surface area contributed by atoms with Gasteiger partial charge in [0.1, 0.15) is 36.8 Å². The molecule has 0 aliphatic rings. The number of anilines is 1. The van der Waals surface area contributed by atoms with Crippen LogP contribution in [0.5, 0.6) is 5.75 Å². The molecular weight excluding hydrogens is 549 g/mol. The molecule has 0 bridgehead atoms. The molecule has 0 aliphatic carbocycles. The van der Waals surface area contributed by atoms with Crippen LogP contribution < -0.4 is 26.0 Å². The number of hydrogen-bond acceptors (Lipinski definition) is 8. The number of aliphatic carboxylic acids is 3. The highest BCUT2D eigenvalue weighted by Crippen LogP contribution is 2.18. The molecule has 0 fully saturated rings. The van der Waals surface area contributed by atoms with Gasteiger partial charge in [0, 0.05) is 24.7 Å². The number of benzene rings is 1. The Morgan fingerprint density at radius 1 is 0.976 bits per heavy atom. The number of urea groups is 2. The average molecular weight is 582 g/mol. The third-order valence-corrected chi connectivity index (χ3v) is 5.44. The number of aromatic nitrogens is 3. The standard InChI is InChI=1S/C24H32FN7O9/c25-9-11-32-13-16(30-31-32)14-41-17-5-3-4-15(12-17)27-23(39)26-10-2-1-6-18(21(35)36)28-24(40)29-19(22(37)38)7-8-20(33)34/h3-5,12-13,18-19H,1-2,6-11,14H2,(H,33,34)(H,35,36)(H,37,38)(H2,26,27,39)(H2,28,29,40). The predicted octanol–water partition coefficient (Wildman–Crippen LogP) is 1.19. The van der Waals surface area contributed by atoms with Crippen LogP contribution in [0.4, 0.5) is 19.7 Å². The Balaban J connectivity index is 1.71. The predicted molar refractivity (Wildman–Crippen MR) is 139 cm³/mol. The number of carboxylic acids is 3. The van der Waals surface area contributed by atoms with Crippen molar-refractivity contribution in [3.05, 3.63) is 36.2 Å². The zero-order valence-corrected chi connectivity index (χ0v) is 21.9. The van der Waals surface area contributed by atoms with Gasteiger partial charge in [0.25, 0.3) is 0 Å². The quantitative estimate of drug-likeness (QED) is 0.123. The second-order valence-corrected chi connectivity index (χ2v) is 8.69. The molecule has 0 saturated heterocycles. The number of carbonyl (C=O) groups is 5. The van der Waals surface area contributed by atoms with Crippen molar-refractivity contribution in [3.63, 3.8) is 0 Å². The van der Waals surface area contributed by atoms with E-state index in [0.29, 0.717) is 30.0 Å². The van der Waals surface area contributed by atoms with Gasteiger partial charge in [-0.1, -0.05) is 11.3 Å². The van der Waals surface area contributed by atoms with Gasteiger partial charge in [0.05, 0.1) is 12.7 Å². The molecule has 41 heavy (non-hydrogen) atoms. The lowest BCUT2D eigenvalue weighted by molar-refractivity contribution is -0.140. The smallest absolute Gasteiger partial charge is 0.326 e. The zero-order chi connectivity index (χ0) is 30.2. The number of carboxylic acid groups (broad SMARTS) is 3. The van der Waals surface area contributed by atoms with Crippen molar-refractivity contribution in [2.24, 2.45) is 0 Å². The van der Waals surface area contributed by atoms with E-state index in [0.717, 1.165) is 0 Å². The van der Waals surface area contributed by atoms with Gasteiger partial charge in [0.2, 0.25) is 0 Å². The lowest BCUT2D eigenvalue weighted by atomic mass is 10.1. The van der Waals surface area contributed by atoms with Crippen molar-refractivity contribution in [2.75, 3.05) is 18.5 Å². The second-order valence-electron chi connectivity index (χ2n) is 8.69. The zero-order valence-electron chi connectivity index (χ0n) is 21.9. The molecule has 4 amide bonds. The number of aryl methyl sites for hydroxylation is 1. The summed E-state index contributed by atoms with van der Waals surface area (Å²) in [5.74, 6) is -3.57. The number of rotatable bonds is 18. The van der Waals surface area contributed by atoms with E-state index in [1.807, 2.05) is 0 Å². The first-order chi connectivity index (χ1) is 19.6. The van der Waals surface area contributed by atoms with Gasteiger partial charge < -0.3 is 41.3 Å². The molecule has 0 saturated carbocycles. The Bertz CT molecular complexity index is 1190. The largest absolute Gasteiger partial charge is 0.487 e. The normalized spacial score (nSPS) is 12.0. The molecule has 2 atom stereocenters. The molecule has 16 nitrogen and oxygen atoms in total. The maximum atomic E-state index is 12.4. The summed E-state index contributed by atoms with van der Waals surface area (Å²) in [6, 6.07) is 2.21. The van der Waals surface area contributed by atoms with Crippen molar-refractivity contribution in [1.82, 2.24) is 30.9 Å². The molecule has 7 N–H and O–H groups in total. The first-order valence-corrected chi connectivity index (χ1v) is 12.5. The van der Waals surface area contributed by atoms with Crippen molar-refractivity contribution < 1.29 is 48.4 Å². The maximum absolute atomic E-state index is 12.4. The first kappa shape index (κ1) is 32.3. The summed E-state index contributed by atoms with van der Waals surface area (Å²) in [5, 5.41) is 44.3. The van der Waals surface area contributed by atoms with Crippen molar-refractivity contribution in [3.8, 4) is 5.75 Å². The van der Waals surface area contributed by atoms with Gasteiger partial charge in [-0.3, -0.25) is 4.79 Å². The van der Waals surface area contributed by atoms with E-state index in [1.54, 1.807) is 30.5 Å². The van der Waals surface area contributed by atoms with Crippen LogP contribution in [-0.4, -0.2) is 85.6 Å². The molecule has 1 heterocycles. The van der Waals surface area contributed by atoms with Crippen LogP contribution in [0.25, 0.3) is 0 Å². The highest BCUT2D eigenvalue weighted by Gasteiger charge is 2.24. The van der Waals surface area contributed by atoms with Gasteiger partial charge in [-0.15, -0.1) is 5.10 Å². The summed E-state index contributed by atoms with van der Waals surface area (Å²) in [7, 11) is 0. The number of alkyl halides is 1. The van der Waals surface area contributed by atoms with E-state index < -0.39 is 55.1 Å². The van der Waals surface area contributed by atoms with Gasteiger partial charge in [-0.25, -0.2) is 28.3 Å². The van der Waals surface area contributed by atoms with Gasteiger partial charge in [-0.2, -0.15) is 0 Å². The average Bonchev–Trinajstić information content (AvgIpc) is 3.36. The molecule has 224 valence electrons. The summed E-state index contributed by atoms with van der Waals surface area (Å²) < 4.78 is 19.4. The van der Waals surface area contributed by atoms with Crippen LogP contribution in [0.15, 0.2) is 30.5 Å². The van der Waals surface area contributed by atoms with Crippen LogP contribution in [-0.2, 0) is 27.5 Å². The third-order valence-electron chi connectivity index (χ3n) is 5.44. The molecule has 2 unspecified atom stereocenters. The van der Waals surface area contributed by atoms with Crippen LogP contribution in [0, 0.1) is 0 Å². The maximum Gasteiger partial charge on any atom is 0.326 e. The minimum atomic E-state index is -1.49. The fourth-order valence-electron chi connectivity index (χ4n) is 3.41. The lowest BCUT2D eigenvalue weighted by Gasteiger charge is -2.18. The Morgan fingerprint density at radius 3 is 2.34 bits per heavy atom. The van der Waals surface area contributed by atoms with E-state index in [1.165, 1.54) is 4.68 Å². The number of nitrogens with one attached hydrogen (secondary N) is 4. The van der Waals surface area contributed by atoms with E-state index in [2.05, 4.69) is 31.6 Å². The summed E-state index contributed by atoms with van der Waals surface area (Å²) in [6.07, 6.45) is 1.39. The van der Waals surface area contributed by atoms with E-state index in [4.69, 9.17) is 14.9 Å². The molecule has 2 rings (SSSR count). The number of unbranched alkanes of at least 4 members (excludes halogenated alkanes) is 1. The Hall–Kier alpha value is -4.96. The van der Waals surface area contributed by atoms with E-state index in [9.17, 15) is 33.5 Å². The monoisotopic (exact) mass is 581 g/mol. The lowest BCUT2D eigenvalue weighted by Crippen LogP contribution is -2.51. The summed E-state index contributed by atoms with van der Waals surface area (Å²) in [4.78, 5) is 57.6. The van der Waals surface area contributed by atoms with Crippen molar-refractivity contribution in [1.29, 1.82) is 0 Å². The number of hydrogen-bond donors (Lipinski definition) is 7. The van der Waals surface area contributed by atoms with Crippen LogP contribution in [0.3, 0.4) is 0 Å². The van der Waals surface area contributed by atoms with E-state index in [-0.39, 0.29) is 32.5 Å². The highest BCUT2D eigenvalue weighted by molar-refractivity contribution is 5.89. The Kier molecular flexibility index (Phi) is 13.3. The molecule has 0 spiro atoms. The minimum Gasteiger partial charge on any atom is -0.487 e. The fraction of sp³-hybridized carbons (Fsp3) is 0.458. The molecule has 0 aliphatic heterocycles. The van der Waals surface area contributed by atoms with Crippen molar-refractivity contribution in [2.45, 2.75) is 57.3 Å². The van der Waals surface area contributed by atoms with Crippen LogP contribution in [0.1, 0.15) is 37.8 Å². The molecule has 17 heteroatoms. The van der Waals surface area contributed by atoms with Crippen LogP contribution >= 0.6 is 0 Å². The number of amides is 4. The molecular formula is C24H32FN7O9. The summed E-state index contributed by atoms with van der Waals surface area (Å²) in [5.41, 5.74) is 0.959. The Labute approximate surface area is 233 Å². The van der Waals surface area contributed by atoms with Gasteiger partial charge >= 0.3 is 30.0 Å². The van der Waals surface area contributed by atoms with Crippen LogP contribution in [0.2, 0.25) is 0 Å². The summed E-state index contributed by atoms with van der Waals surface area (Å²) >= 11 is 0. The van der Waals surface area contributed by atoms with Gasteiger partial charge in [0.15, 0.2) is 0 Å². The van der Waals surface area contributed by atoms with Gasteiger partial charge in [-0.05, 0) is 37.8 Å². The first-order valence-electron chi connectivity index (χ1n) is 12.5. The molecule has 1 aromatic heterocycles. The fourth-order valence-corrected chi connectivity index (χ4v) is 3.41. The molecule has 1 aromatic carbocycles. The topological polar surface area (TPSA) is 234 Å². The highest BCUT2D eigenvalue weighted by atomic mass is 19.1. The van der Waals surface area contributed by atoms with E-state index >= 15 is 0 Å². The van der Waals surface area contributed by atoms with Crippen molar-refractivity contribution >= 4 is 35.7 Å². The molecule has 0 radical (unpaired) electrons. The number of ether oxygens (including phenoxy) is 1. The second kappa shape index (κ2) is 16.9. The number of carbonyl (C=O) groups excluding carboxylic acids is 2. The number of halogens is 1.